The first-order valence-corrected chi connectivity index (χ1v) is 31.3. The van der Waals surface area contributed by atoms with E-state index in [0.29, 0.717) is 73.5 Å². The third-order valence-corrected chi connectivity index (χ3v) is 19.3. The first-order chi connectivity index (χ1) is 43.5. The van der Waals surface area contributed by atoms with Gasteiger partial charge in [0.1, 0.15) is 0 Å². The standard InChI is InChI=1S/C15H15N3O.C14H13N3O.C14H13N3S.C13H11N3O.C13H11N3S/c1-2-15(13-5-3-12(7-16)4-6-13)10-19-9-14-8-17-11-18(14)15;2*1-14(12-4-2-11(6-15)3-5-12)9-18-8-13-7-16-10-17(13)14;2*14-5-10-1-3-11(4-2-10)13-8-17-7-12-6-15-9-16(12)13/h3-6,8,11H,2,9-10H2,1H3;2*2-5,7,10H,8-9H2,1H3;2*1-4,6,9,13H,7-8H2. The summed E-state index contributed by atoms with van der Waals surface area (Å²) in [7, 11) is 0. The third kappa shape index (κ3) is 12.8. The second kappa shape index (κ2) is 27.5. The normalized spacial score (nSPS) is 20.7. The molecule has 5 aromatic heterocycles. The minimum absolute atomic E-state index is 0.0667. The Labute approximate surface area is 525 Å². The fourth-order valence-corrected chi connectivity index (χ4v) is 14.2. The lowest BCUT2D eigenvalue weighted by atomic mass is 9.86. The summed E-state index contributed by atoms with van der Waals surface area (Å²) >= 11 is 3.86. The summed E-state index contributed by atoms with van der Waals surface area (Å²) in [6, 6.07) is 49.9. The summed E-state index contributed by atoms with van der Waals surface area (Å²) in [6.07, 6.45) is 19.7. The van der Waals surface area contributed by atoms with Gasteiger partial charge in [0.15, 0.2) is 0 Å². The van der Waals surface area contributed by atoms with Gasteiger partial charge in [0.25, 0.3) is 0 Å². The number of nitriles is 5. The molecule has 0 aliphatic carbocycles. The molecule has 5 aliphatic heterocycles. The summed E-state index contributed by atoms with van der Waals surface area (Å²) in [6.45, 7) is 10.2. The maximum Gasteiger partial charge on any atom is 0.0991 e. The number of fused-ring (bicyclic) bond motifs is 5. The number of ether oxygens (including phenoxy) is 3. The second-order valence-electron chi connectivity index (χ2n) is 22.4. The Morgan fingerprint density at radius 3 is 1.39 bits per heavy atom. The Balaban J connectivity index is 0.000000115. The molecule has 0 radical (unpaired) electrons. The molecule has 20 heteroatoms. The van der Waals surface area contributed by atoms with Crippen molar-refractivity contribution in [1.29, 1.82) is 26.3 Å². The minimum Gasteiger partial charge on any atom is -0.373 e. The van der Waals surface area contributed by atoms with E-state index >= 15 is 0 Å². The van der Waals surface area contributed by atoms with Crippen LogP contribution in [0, 0.1) is 56.7 Å². The van der Waals surface area contributed by atoms with Crippen molar-refractivity contribution in [3.63, 3.8) is 0 Å². The number of hydrogen-bond acceptors (Lipinski definition) is 15. The molecule has 0 saturated heterocycles. The van der Waals surface area contributed by atoms with Crippen molar-refractivity contribution >= 4 is 23.5 Å². The molecule has 0 N–H and O–H groups in total. The maximum atomic E-state index is 8.90. The summed E-state index contributed by atoms with van der Waals surface area (Å²) in [5.74, 6) is 4.15. The van der Waals surface area contributed by atoms with Crippen LogP contribution in [0.2, 0.25) is 0 Å². The molecule has 0 bridgehead atoms. The molecular formula is C69H63N15O3S2. The Kier molecular flexibility index (Phi) is 18.8. The first-order valence-electron chi connectivity index (χ1n) is 29.0. The van der Waals surface area contributed by atoms with Crippen molar-refractivity contribution in [2.24, 2.45) is 0 Å². The lowest BCUT2D eigenvalue weighted by molar-refractivity contribution is 0.0208. The van der Waals surface area contributed by atoms with Crippen LogP contribution in [0.15, 0.2) is 184 Å². The predicted octanol–water partition coefficient (Wildman–Crippen LogP) is 11.7. The SMILES string of the molecule is CC1(c2ccc(C#N)cc2)COCc2cncn21.CC1(c2ccc(C#N)cc2)CSCc2cncn21.CCC1(c2ccc(C#N)cc2)COCc2cncn21.N#Cc1ccc(C2COCc3cncn32)cc1.N#Cc1ccc(C2CSCc3cncn32)cc1. The van der Waals surface area contributed by atoms with Gasteiger partial charge in [-0.05, 0) is 109 Å². The quantitative estimate of drug-likeness (QED) is 0.150. The predicted molar refractivity (Wildman–Crippen MR) is 337 cm³/mol. The van der Waals surface area contributed by atoms with Gasteiger partial charge >= 0.3 is 0 Å². The molecule has 15 rings (SSSR count). The lowest BCUT2D eigenvalue weighted by Gasteiger charge is -2.39. The summed E-state index contributed by atoms with van der Waals surface area (Å²) in [5, 5.41) is 44.2. The van der Waals surface area contributed by atoms with Gasteiger partial charge in [-0.15, -0.1) is 0 Å². The molecule has 0 fully saturated rings. The largest absolute Gasteiger partial charge is 0.373 e. The number of nitrogens with zero attached hydrogens (tertiary/aromatic N) is 15. The van der Waals surface area contributed by atoms with Crippen LogP contribution in [0.25, 0.3) is 0 Å². The number of hydrogen-bond donors (Lipinski definition) is 0. The number of aromatic nitrogens is 10. The third-order valence-electron chi connectivity index (χ3n) is 17.0. The Hall–Kier alpha value is -9.82. The average Bonchev–Trinajstić information content (AvgIpc) is 2.17. The fraction of sp³-hybridized carbons (Fsp3) is 0.275. The molecule has 0 amide bonds. The van der Waals surface area contributed by atoms with Crippen LogP contribution in [-0.2, 0) is 62.2 Å². The summed E-state index contributed by atoms with van der Waals surface area (Å²) in [4.78, 5) is 21.0. The van der Waals surface area contributed by atoms with E-state index in [1.807, 2.05) is 207 Å². The topological polar surface area (TPSA) is 236 Å². The summed E-state index contributed by atoms with van der Waals surface area (Å²) in [5.41, 5.74) is 14.6. The van der Waals surface area contributed by atoms with Crippen molar-refractivity contribution < 1.29 is 14.2 Å². The molecule has 10 heterocycles. The van der Waals surface area contributed by atoms with Crippen LogP contribution < -0.4 is 0 Å². The van der Waals surface area contributed by atoms with E-state index < -0.39 is 0 Å². The molecule has 0 spiro atoms. The smallest absolute Gasteiger partial charge is 0.0991 e. The van der Waals surface area contributed by atoms with Crippen LogP contribution in [0.5, 0.6) is 0 Å². The van der Waals surface area contributed by atoms with Gasteiger partial charge in [0.05, 0.1) is 194 Å². The van der Waals surface area contributed by atoms with E-state index in [1.54, 1.807) is 0 Å². The molecule has 5 aliphatic rings. The number of rotatable bonds is 6. The van der Waals surface area contributed by atoms with Crippen LogP contribution >= 0.6 is 23.5 Å². The zero-order valence-corrected chi connectivity index (χ0v) is 51.1. The highest BCUT2D eigenvalue weighted by atomic mass is 32.2. The lowest BCUT2D eigenvalue weighted by Crippen LogP contribution is -2.43. The van der Waals surface area contributed by atoms with Crippen LogP contribution in [0.1, 0.15) is 123 Å². The molecule has 18 nitrogen and oxygen atoms in total. The molecule has 5 atom stereocenters. The zero-order valence-electron chi connectivity index (χ0n) is 49.5. The summed E-state index contributed by atoms with van der Waals surface area (Å²) < 4.78 is 27.9. The Bertz CT molecular complexity index is 4030. The van der Waals surface area contributed by atoms with Crippen molar-refractivity contribution in [3.8, 4) is 30.3 Å². The van der Waals surface area contributed by atoms with E-state index in [1.165, 1.54) is 22.5 Å². The van der Waals surface area contributed by atoms with E-state index in [-0.39, 0.29) is 22.7 Å². The van der Waals surface area contributed by atoms with Gasteiger partial charge in [0, 0.05) is 46.8 Å². The van der Waals surface area contributed by atoms with Crippen molar-refractivity contribution in [2.75, 3.05) is 31.3 Å². The average molecular weight is 1210 g/mol. The van der Waals surface area contributed by atoms with Crippen LogP contribution in [0.3, 0.4) is 0 Å². The molecular weight excluding hydrogens is 1150 g/mol. The highest BCUT2D eigenvalue weighted by molar-refractivity contribution is 7.98. The van der Waals surface area contributed by atoms with Gasteiger partial charge in [-0.2, -0.15) is 49.8 Å². The van der Waals surface area contributed by atoms with Gasteiger partial charge in [0.2, 0.25) is 0 Å². The monoisotopic (exact) mass is 1210 g/mol. The number of benzene rings is 5. The highest BCUT2D eigenvalue weighted by Gasteiger charge is 2.38. The van der Waals surface area contributed by atoms with E-state index in [4.69, 9.17) is 40.5 Å². The van der Waals surface area contributed by atoms with Crippen LogP contribution in [0.4, 0.5) is 0 Å². The van der Waals surface area contributed by atoms with E-state index in [9.17, 15) is 0 Å². The second-order valence-corrected chi connectivity index (χ2v) is 24.4. The molecule has 5 aromatic carbocycles. The Morgan fingerprint density at radius 2 is 0.843 bits per heavy atom. The highest BCUT2D eigenvalue weighted by Crippen LogP contribution is 2.39. The minimum atomic E-state index is -0.252. The molecule has 10 aromatic rings. The molecule has 444 valence electrons. The van der Waals surface area contributed by atoms with Gasteiger partial charge < -0.3 is 37.0 Å². The zero-order chi connectivity index (χ0) is 61.8. The maximum absolute atomic E-state index is 8.90. The number of thioether (sulfide) groups is 2. The van der Waals surface area contributed by atoms with Crippen molar-refractivity contribution in [2.45, 2.75) is 87.2 Å². The van der Waals surface area contributed by atoms with E-state index in [0.717, 1.165) is 63.2 Å². The first kappa shape index (κ1) is 60.9. The Morgan fingerprint density at radius 1 is 0.438 bits per heavy atom. The molecule has 89 heavy (non-hydrogen) atoms. The van der Waals surface area contributed by atoms with Gasteiger partial charge in [-0.3, -0.25) is 0 Å². The van der Waals surface area contributed by atoms with Crippen LogP contribution in [-0.4, -0.2) is 79.1 Å². The fourth-order valence-electron chi connectivity index (χ4n) is 11.8. The van der Waals surface area contributed by atoms with Gasteiger partial charge in [-0.1, -0.05) is 67.6 Å². The molecule has 5 unspecified atom stereocenters. The van der Waals surface area contributed by atoms with E-state index in [2.05, 4.69) is 98.9 Å². The number of imidazole rings is 5. The van der Waals surface area contributed by atoms with Crippen molar-refractivity contribution in [1.82, 2.24) is 47.8 Å². The van der Waals surface area contributed by atoms with Crippen molar-refractivity contribution in [3.05, 3.63) is 268 Å². The van der Waals surface area contributed by atoms with Gasteiger partial charge in [-0.25, -0.2) is 24.9 Å². The molecule has 0 saturated carbocycles.